The van der Waals surface area contributed by atoms with Gasteiger partial charge in [0.1, 0.15) is 6.04 Å². The number of benzene rings is 1. The predicted octanol–water partition coefficient (Wildman–Crippen LogP) is 3.02. The van der Waals surface area contributed by atoms with E-state index in [1.165, 1.54) is 4.90 Å². The number of likely N-dealkylation sites (N-methyl/N-ethyl adjacent to an activating group) is 1. The zero-order chi connectivity index (χ0) is 16.4. The molecule has 5 heteroatoms. The van der Waals surface area contributed by atoms with Gasteiger partial charge in [0.25, 0.3) is 5.91 Å². The first kappa shape index (κ1) is 17.5. The van der Waals surface area contributed by atoms with Gasteiger partial charge in [0.15, 0.2) is 0 Å². The maximum atomic E-state index is 12.4. The number of carbonyl (C=O) groups is 2. The number of halogens is 1. The minimum atomic E-state index is -0.575. The van der Waals surface area contributed by atoms with Crippen LogP contribution < -0.4 is 5.32 Å². The van der Waals surface area contributed by atoms with Gasteiger partial charge in [0.05, 0.1) is 10.6 Å². The molecule has 0 aliphatic carbocycles. The molecule has 2 amide bonds. The Bertz CT molecular complexity index is 550. The highest BCUT2D eigenvalue weighted by Crippen LogP contribution is 2.20. The van der Waals surface area contributed by atoms with Gasteiger partial charge in [0, 0.05) is 12.6 Å². The Morgan fingerprint density at radius 1 is 1.29 bits per heavy atom. The minimum Gasteiger partial charge on any atom is -0.350 e. The second-order valence-corrected chi connectivity index (χ2v) is 6.72. The van der Waals surface area contributed by atoms with Crippen LogP contribution in [0, 0.1) is 6.92 Å². The van der Waals surface area contributed by atoms with Crippen LogP contribution in [0.15, 0.2) is 18.2 Å². The molecule has 4 nitrogen and oxygen atoms in total. The number of rotatable bonds is 3. The van der Waals surface area contributed by atoms with Crippen molar-refractivity contribution in [3.63, 3.8) is 0 Å². The van der Waals surface area contributed by atoms with Gasteiger partial charge >= 0.3 is 0 Å². The van der Waals surface area contributed by atoms with Crippen LogP contribution in [-0.2, 0) is 4.79 Å². The van der Waals surface area contributed by atoms with Crippen molar-refractivity contribution in [1.82, 2.24) is 10.2 Å². The van der Waals surface area contributed by atoms with E-state index >= 15 is 0 Å². The third-order valence-electron chi connectivity index (χ3n) is 3.13. The van der Waals surface area contributed by atoms with E-state index in [1.807, 2.05) is 33.8 Å². The first-order valence-electron chi connectivity index (χ1n) is 6.88. The topological polar surface area (TPSA) is 49.4 Å². The molecule has 0 heterocycles. The smallest absolute Gasteiger partial charge is 0.255 e. The van der Waals surface area contributed by atoms with Gasteiger partial charge in [-0.1, -0.05) is 17.7 Å². The molecule has 0 fully saturated rings. The zero-order valence-electron chi connectivity index (χ0n) is 13.5. The van der Waals surface area contributed by atoms with Crippen LogP contribution in [0.25, 0.3) is 0 Å². The highest BCUT2D eigenvalue weighted by atomic mass is 35.5. The predicted molar refractivity (Wildman–Crippen MR) is 85.6 cm³/mol. The second-order valence-electron chi connectivity index (χ2n) is 6.31. The Labute approximate surface area is 131 Å². The molecule has 1 aromatic rings. The maximum Gasteiger partial charge on any atom is 0.255 e. The average Bonchev–Trinajstić information content (AvgIpc) is 2.34. The van der Waals surface area contributed by atoms with Crippen LogP contribution in [0.2, 0.25) is 5.02 Å². The molecule has 1 rings (SSSR count). The first-order chi connectivity index (χ1) is 9.53. The number of nitrogens with zero attached hydrogens (tertiary/aromatic N) is 1. The van der Waals surface area contributed by atoms with E-state index in [0.29, 0.717) is 10.6 Å². The molecule has 0 bridgehead atoms. The molecule has 1 aromatic carbocycles. The third-order valence-corrected chi connectivity index (χ3v) is 3.45. The number of hydrogen-bond acceptors (Lipinski definition) is 2. The quantitative estimate of drug-likeness (QED) is 0.933. The van der Waals surface area contributed by atoms with Crippen molar-refractivity contribution in [2.45, 2.75) is 46.2 Å². The lowest BCUT2D eigenvalue weighted by Crippen LogP contribution is -2.51. The van der Waals surface area contributed by atoms with Crippen molar-refractivity contribution >= 4 is 23.4 Å². The van der Waals surface area contributed by atoms with E-state index in [2.05, 4.69) is 5.32 Å². The van der Waals surface area contributed by atoms with E-state index in [9.17, 15) is 9.59 Å². The number of amides is 2. The van der Waals surface area contributed by atoms with Gasteiger partial charge in [0.2, 0.25) is 5.91 Å². The fraction of sp³-hybridized carbons (Fsp3) is 0.500. The van der Waals surface area contributed by atoms with Crippen molar-refractivity contribution in [2.75, 3.05) is 7.05 Å². The number of nitrogens with one attached hydrogen (secondary N) is 1. The van der Waals surface area contributed by atoms with Crippen molar-refractivity contribution in [3.05, 3.63) is 34.3 Å². The number of carbonyl (C=O) groups excluding carboxylic acids is 2. The second kappa shape index (κ2) is 6.48. The summed E-state index contributed by atoms with van der Waals surface area (Å²) >= 11 is 6.11. The van der Waals surface area contributed by atoms with Crippen LogP contribution in [0.5, 0.6) is 0 Å². The van der Waals surface area contributed by atoms with Crippen LogP contribution in [0.4, 0.5) is 0 Å². The Morgan fingerprint density at radius 3 is 2.33 bits per heavy atom. The zero-order valence-corrected chi connectivity index (χ0v) is 14.2. The normalized spacial score (nSPS) is 12.7. The Kier molecular flexibility index (Phi) is 5.40. The summed E-state index contributed by atoms with van der Waals surface area (Å²) < 4.78 is 0. The van der Waals surface area contributed by atoms with E-state index < -0.39 is 6.04 Å². The van der Waals surface area contributed by atoms with Crippen molar-refractivity contribution in [2.24, 2.45) is 0 Å². The van der Waals surface area contributed by atoms with Crippen molar-refractivity contribution in [1.29, 1.82) is 0 Å². The standard InChI is InChI=1S/C16H23ClN2O2/c1-10-7-8-12(13(17)9-10)15(21)19(6)11(2)14(20)18-16(3,4)5/h7-9,11H,1-6H3,(H,18,20)/t11-/m1/s1. The number of aryl methyl sites for hydroxylation is 1. The van der Waals surface area contributed by atoms with Crippen LogP contribution in [0.3, 0.4) is 0 Å². The Balaban J connectivity index is 2.89. The molecule has 1 N–H and O–H groups in total. The van der Waals surface area contributed by atoms with E-state index in [0.717, 1.165) is 5.56 Å². The van der Waals surface area contributed by atoms with E-state index in [1.54, 1.807) is 26.1 Å². The highest BCUT2D eigenvalue weighted by Gasteiger charge is 2.26. The SMILES string of the molecule is Cc1ccc(C(=O)N(C)[C@H](C)C(=O)NC(C)(C)C)c(Cl)c1. The molecule has 0 saturated heterocycles. The summed E-state index contributed by atoms with van der Waals surface area (Å²) in [5.41, 5.74) is 1.05. The van der Waals surface area contributed by atoms with Gasteiger partial charge in [-0.15, -0.1) is 0 Å². The van der Waals surface area contributed by atoms with E-state index in [4.69, 9.17) is 11.6 Å². The molecular formula is C16H23ClN2O2. The maximum absolute atomic E-state index is 12.4. The monoisotopic (exact) mass is 310 g/mol. The molecular weight excluding hydrogens is 288 g/mol. The van der Waals surface area contributed by atoms with Crippen LogP contribution in [-0.4, -0.2) is 35.3 Å². The lowest BCUT2D eigenvalue weighted by atomic mass is 10.1. The summed E-state index contributed by atoms with van der Waals surface area (Å²) in [6.45, 7) is 9.30. The Hall–Kier alpha value is -1.55. The average molecular weight is 311 g/mol. The fourth-order valence-electron chi connectivity index (χ4n) is 1.81. The lowest BCUT2D eigenvalue weighted by Gasteiger charge is -2.28. The summed E-state index contributed by atoms with van der Waals surface area (Å²) in [5, 5.41) is 3.26. The van der Waals surface area contributed by atoms with E-state index in [-0.39, 0.29) is 17.4 Å². The summed E-state index contributed by atoms with van der Waals surface area (Å²) in [7, 11) is 1.60. The molecule has 0 spiro atoms. The molecule has 0 saturated carbocycles. The molecule has 116 valence electrons. The molecule has 0 radical (unpaired) electrons. The molecule has 1 atom stereocenters. The fourth-order valence-corrected chi connectivity index (χ4v) is 2.13. The van der Waals surface area contributed by atoms with Gasteiger partial charge in [-0.05, 0) is 52.3 Å². The highest BCUT2D eigenvalue weighted by molar-refractivity contribution is 6.33. The molecule has 0 aliphatic rings. The number of hydrogen-bond donors (Lipinski definition) is 1. The van der Waals surface area contributed by atoms with Crippen molar-refractivity contribution < 1.29 is 9.59 Å². The van der Waals surface area contributed by atoms with Crippen LogP contribution >= 0.6 is 11.6 Å². The third kappa shape index (κ3) is 4.74. The van der Waals surface area contributed by atoms with Gasteiger partial charge < -0.3 is 10.2 Å². The van der Waals surface area contributed by atoms with Gasteiger partial charge in [-0.3, -0.25) is 9.59 Å². The summed E-state index contributed by atoms with van der Waals surface area (Å²) in [6, 6.07) is 4.68. The molecule has 21 heavy (non-hydrogen) atoms. The largest absolute Gasteiger partial charge is 0.350 e. The summed E-state index contributed by atoms with van der Waals surface area (Å²) in [6.07, 6.45) is 0. The first-order valence-corrected chi connectivity index (χ1v) is 7.26. The minimum absolute atomic E-state index is 0.193. The molecule has 0 aliphatic heterocycles. The lowest BCUT2D eigenvalue weighted by molar-refractivity contribution is -0.126. The molecule has 0 unspecified atom stereocenters. The molecule has 0 aromatic heterocycles. The van der Waals surface area contributed by atoms with Crippen molar-refractivity contribution in [3.8, 4) is 0 Å². The van der Waals surface area contributed by atoms with Gasteiger partial charge in [-0.25, -0.2) is 0 Å². The van der Waals surface area contributed by atoms with Gasteiger partial charge in [-0.2, -0.15) is 0 Å². The summed E-state index contributed by atoms with van der Waals surface area (Å²) in [4.78, 5) is 26.0. The summed E-state index contributed by atoms with van der Waals surface area (Å²) in [5.74, 6) is -0.460. The Morgan fingerprint density at radius 2 is 1.86 bits per heavy atom. The van der Waals surface area contributed by atoms with Crippen LogP contribution in [0.1, 0.15) is 43.6 Å².